The van der Waals surface area contributed by atoms with Crippen LogP contribution in [0.5, 0.6) is 0 Å². The highest BCUT2D eigenvalue weighted by molar-refractivity contribution is 9.10. The van der Waals surface area contributed by atoms with E-state index in [1.165, 1.54) is 23.1 Å². The van der Waals surface area contributed by atoms with Crippen LogP contribution in [0.3, 0.4) is 0 Å². The molecule has 0 unspecified atom stereocenters. The van der Waals surface area contributed by atoms with Crippen molar-refractivity contribution in [3.63, 3.8) is 0 Å². The molecule has 2 heterocycles. The molecule has 23 heavy (non-hydrogen) atoms. The van der Waals surface area contributed by atoms with E-state index in [9.17, 15) is 4.79 Å². The van der Waals surface area contributed by atoms with E-state index in [1.54, 1.807) is 4.90 Å². The average Bonchev–Trinajstić information content (AvgIpc) is 3.06. The third-order valence-electron chi connectivity index (χ3n) is 3.08. The van der Waals surface area contributed by atoms with Gasteiger partial charge in [-0.15, -0.1) is 10.2 Å². The summed E-state index contributed by atoms with van der Waals surface area (Å²) in [4.78, 5) is 19.3. The highest BCUT2D eigenvalue weighted by Gasteiger charge is 2.32. The predicted octanol–water partition coefficient (Wildman–Crippen LogP) is 4.23. The first-order valence-electron chi connectivity index (χ1n) is 6.92. The Morgan fingerprint density at radius 1 is 1.30 bits per heavy atom. The van der Waals surface area contributed by atoms with Crippen LogP contribution in [0.2, 0.25) is 0 Å². The lowest BCUT2D eigenvalue weighted by Crippen LogP contribution is -2.28. The molecule has 2 aromatic rings. The number of rotatable bonds is 3. The molecule has 0 atom stereocenters. The van der Waals surface area contributed by atoms with Gasteiger partial charge in [0.25, 0.3) is 5.91 Å². The summed E-state index contributed by atoms with van der Waals surface area (Å²) in [6, 6.07) is 7.83. The number of hydrogen-bond acceptors (Lipinski definition) is 6. The zero-order valence-electron chi connectivity index (χ0n) is 12.5. The molecule has 0 aliphatic carbocycles. The predicted molar refractivity (Wildman–Crippen MR) is 98.8 cm³/mol. The van der Waals surface area contributed by atoms with Crippen LogP contribution >= 0.6 is 39.0 Å². The van der Waals surface area contributed by atoms with E-state index >= 15 is 0 Å². The van der Waals surface area contributed by atoms with E-state index in [0.29, 0.717) is 21.7 Å². The smallest absolute Gasteiger partial charge is 0.266 e. The normalized spacial score (nSPS) is 18.4. The highest BCUT2D eigenvalue weighted by atomic mass is 79.9. The summed E-state index contributed by atoms with van der Waals surface area (Å²) in [7, 11) is 0. The third kappa shape index (κ3) is 3.70. The van der Waals surface area contributed by atoms with Crippen molar-refractivity contribution in [2.24, 2.45) is 4.99 Å². The van der Waals surface area contributed by atoms with Gasteiger partial charge in [0, 0.05) is 11.0 Å². The first-order valence-corrected chi connectivity index (χ1v) is 9.35. The van der Waals surface area contributed by atoms with Crippen molar-refractivity contribution >= 4 is 61.3 Å². The third-order valence-corrected chi connectivity index (χ3v) is 5.35. The Labute approximate surface area is 150 Å². The number of aliphatic imine (C=N–C) groups is 1. The molecule has 1 aromatic carbocycles. The molecule has 0 radical (unpaired) electrons. The summed E-state index contributed by atoms with van der Waals surface area (Å²) in [5.41, 5.74) is 0.980. The van der Waals surface area contributed by atoms with E-state index in [4.69, 9.17) is 0 Å². The number of nitrogens with zero attached hydrogens (tertiary/aromatic N) is 4. The average molecular weight is 409 g/mol. The second kappa shape index (κ2) is 6.94. The summed E-state index contributed by atoms with van der Waals surface area (Å²) in [5, 5.41) is 10.0. The van der Waals surface area contributed by atoms with Gasteiger partial charge >= 0.3 is 0 Å². The largest absolute Gasteiger partial charge is 0.287 e. The van der Waals surface area contributed by atoms with Crippen LogP contribution in [-0.2, 0) is 4.79 Å². The van der Waals surface area contributed by atoms with Crippen LogP contribution in [0.1, 0.15) is 17.5 Å². The molecular weight excluding hydrogens is 396 g/mol. The van der Waals surface area contributed by atoms with Crippen molar-refractivity contribution in [2.75, 3.05) is 6.54 Å². The van der Waals surface area contributed by atoms with Gasteiger partial charge in [-0.3, -0.25) is 9.69 Å². The van der Waals surface area contributed by atoms with Gasteiger partial charge in [0.2, 0.25) is 5.13 Å². The maximum absolute atomic E-state index is 12.5. The number of carbonyl (C=O) groups is 1. The van der Waals surface area contributed by atoms with Gasteiger partial charge in [-0.05, 0) is 49.4 Å². The van der Waals surface area contributed by atoms with E-state index in [2.05, 4.69) is 31.1 Å². The molecule has 1 amide bonds. The molecule has 118 valence electrons. The zero-order valence-corrected chi connectivity index (χ0v) is 15.7. The van der Waals surface area contributed by atoms with Crippen LogP contribution < -0.4 is 0 Å². The standard InChI is InChI=1S/C15H13BrN4OS2/c1-3-20-13(21)12(8-10-4-6-11(16)7-5-10)23-15(20)17-14-19-18-9(2)22-14/h4-8H,3H2,1-2H3/b12-8-,17-15+. The Kier molecular flexibility index (Phi) is 4.93. The number of amidine groups is 1. The molecule has 3 rings (SSSR count). The molecule has 5 nitrogen and oxygen atoms in total. The summed E-state index contributed by atoms with van der Waals surface area (Å²) in [5.74, 6) is -0.0274. The number of aryl methyl sites for hydroxylation is 1. The first-order chi connectivity index (χ1) is 11.1. The fourth-order valence-electron chi connectivity index (χ4n) is 1.99. The fraction of sp³-hybridized carbons (Fsp3) is 0.200. The summed E-state index contributed by atoms with van der Waals surface area (Å²) in [6.45, 7) is 4.38. The first kappa shape index (κ1) is 16.4. The van der Waals surface area contributed by atoms with Crippen molar-refractivity contribution in [2.45, 2.75) is 13.8 Å². The van der Waals surface area contributed by atoms with Crippen LogP contribution in [0.25, 0.3) is 6.08 Å². The van der Waals surface area contributed by atoms with Gasteiger partial charge in [0.05, 0.1) is 4.91 Å². The number of halogens is 1. The maximum atomic E-state index is 12.5. The molecule has 1 saturated heterocycles. The van der Waals surface area contributed by atoms with Crippen LogP contribution in [0.15, 0.2) is 38.6 Å². The van der Waals surface area contributed by atoms with Crippen molar-refractivity contribution in [3.8, 4) is 0 Å². The number of amides is 1. The minimum atomic E-state index is -0.0274. The Morgan fingerprint density at radius 3 is 2.65 bits per heavy atom. The number of thioether (sulfide) groups is 1. The molecule has 0 N–H and O–H groups in total. The highest BCUT2D eigenvalue weighted by Crippen LogP contribution is 2.34. The molecule has 0 saturated carbocycles. The second-order valence-corrected chi connectivity index (χ2v) is 7.79. The van der Waals surface area contributed by atoms with E-state index in [0.717, 1.165) is 15.0 Å². The van der Waals surface area contributed by atoms with Crippen LogP contribution in [0, 0.1) is 6.92 Å². The molecule has 1 aliphatic heterocycles. The SMILES string of the molecule is CCN1C(=O)/C(=C/c2ccc(Br)cc2)S/C1=N/c1nnc(C)s1. The van der Waals surface area contributed by atoms with Crippen LogP contribution in [0.4, 0.5) is 5.13 Å². The fourth-order valence-corrected chi connectivity index (χ4v) is 3.92. The quantitative estimate of drug-likeness (QED) is 0.712. The second-order valence-electron chi connectivity index (χ2n) is 4.71. The Bertz CT molecular complexity index is 798. The molecule has 1 aliphatic rings. The molecular formula is C15H13BrN4OS2. The lowest BCUT2D eigenvalue weighted by Gasteiger charge is -2.11. The van der Waals surface area contributed by atoms with Crippen molar-refractivity contribution < 1.29 is 4.79 Å². The minimum absolute atomic E-state index is 0.0274. The van der Waals surface area contributed by atoms with E-state index < -0.39 is 0 Å². The summed E-state index contributed by atoms with van der Waals surface area (Å²) < 4.78 is 1.01. The molecule has 8 heteroatoms. The topological polar surface area (TPSA) is 58.5 Å². The van der Waals surface area contributed by atoms with Gasteiger partial charge in [-0.2, -0.15) is 4.99 Å². The minimum Gasteiger partial charge on any atom is -0.287 e. The van der Waals surface area contributed by atoms with E-state index in [-0.39, 0.29) is 5.91 Å². The molecule has 0 bridgehead atoms. The number of carbonyl (C=O) groups excluding carboxylic acids is 1. The molecule has 1 fully saturated rings. The lowest BCUT2D eigenvalue weighted by molar-refractivity contribution is -0.122. The molecule has 0 spiro atoms. The summed E-state index contributed by atoms with van der Waals surface area (Å²) in [6.07, 6.45) is 1.88. The van der Waals surface area contributed by atoms with Gasteiger partial charge in [-0.1, -0.05) is 39.4 Å². The molecule has 1 aromatic heterocycles. The summed E-state index contributed by atoms with van der Waals surface area (Å²) >= 11 is 6.19. The lowest BCUT2D eigenvalue weighted by atomic mass is 10.2. The number of benzene rings is 1. The number of likely N-dealkylation sites (N-methyl/N-ethyl adjacent to an activating group) is 1. The monoisotopic (exact) mass is 408 g/mol. The maximum Gasteiger partial charge on any atom is 0.266 e. The van der Waals surface area contributed by atoms with Crippen molar-refractivity contribution in [3.05, 3.63) is 44.2 Å². The Hall–Kier alpha value is -1.51. The van der Waals surface area contributed by atoms with E-state index in [1.807, 2.05) is 44.2 Å². The number of hydrogen-bond donors (Lipinski definition) is 0. The van der Waals surface area contributed by atoms with Crippen molar-refractivity contribution in [1.82, 2.24) is 15.1 Å². The van der Waals surface area contributed by atoms with Gasteiger partial charge in [0.15, 0.2) is 5.17 Å². The van der Waals surface area contributed by atoms with Gasteiger partial charge in [-0.25, -0.2) is 0 Å². The van der Waals surface area contributed by atoms with Crippen molar-refractivity contribution in [1.29, 1.82) is 0 Å². The van der Waals surface area contributed by atoms with Crippen LogP contribution in [-0.4, -0.2) is 32.7 Å². The van der Waals surface area contributed by atoms with Gasteiger partial charge in [0.1, 0.15) is 5.01 Å². The zero-order chi connectivity index (χ0) is 16.4. The Balaban J connectivity index is 1.91. The number of aromatic nitrogens is 2. The Morgan fingerprint density at radius 2 is 2.04 bits per heavy atom. The van der Waals surface area contributed by atoms with Gasteiger partial charge < -0.3 is 0 Å².